The molecular formula is C18H34N4O5S. The van der Waals surface area contributed by atoms with Crippen LogP contribution in [0, 0.1) is 11.8 Å². The van der Waals surface area contributed by atoms with E-state index in [0.717, 1.165) is 0 Å². The summed E-state index contributed by atoms with van der Waals surface area (Å²) in [5.41, 5.74) is 5.57. The van der Waals surface area contributed by atoms with Crippen molar-refractivity contribution >= 4 is 36.3 Å². The van der Waals surface area contributed by atoms with Gasteiger partial charge in [-0.1, -0.05) is 34.1 Å². The molecule has 0 spiro atoms. The fourth-order valence-corrected chi connectivity index (χ4v) is 2.57. The zero-order valence-electron chi connectivity index (χ0n) is 17.2. The Labute approximate surface area is 172 Å². The minimum Gasteiger partial charge on any atom is -0.480 e. The van der Waals surface area contributed by atoms with Gasteiger partial charge >= 0.3 is 5.97 Å². The molecule has 0 fully saturated rings. The van der Waals surface area contributed by atoms with E-state index in [4.69, 9.17) is 5.73 Å². The molecule has 0 aromatic rings. The van der Waals surface area contributed by atoms with Crippen LogP contribution in [0.2, 0.25) is 0 Å². The van der Waals surface area contributed by atoms with Crippen molar-refractivity contribution in [2.45, 2.75) is 71.6 Å². The van der Waals surface area contributed by atoms with E-state index in [2.05, 4.69) is 28.6 Å². The van der Waals surface area contributed by atoms with E-state index in [1.165, 1.54) is 6.92 Å². The summed E-state index contributed by atoms with van der Waals surface area (Å²) in [4.78, 5) is 48.3. The highest BCUT2D eigenvalue weighted by Crippen LogP contribution is 2.11. The summed E-state index contributed by atoms with van der Waals surface area (Å²) in [5, 5.41) is 16.9. The van der Waals surface area contributed by atoms with Gasteiger partial charge in [-0.05, 0) is 25.2 Å². The molecule has 0 aliphatic carbocycles. The molecule has 9 nitrogen and oxygen atoms in total. The van der Waals surface area contributed by atoms with Gasteiger partial charge in [0.2, 0.25) is 17.7 Å². The molecule has 162 valence electrons. The maximum Gasteiger partial charge on any atom is 0.326 e. The van der Waals surface area contributed by atoms with Gasteiger partial charge < -0.3 is 26.8 Å². The third-order valence-electron chi connectivity index (χ3n) is 4.40. The van der Waals surface area contributed by atoms with Gasteiger partial charge in [0.1, 0.15) is 18.1 Å². The van der Waals surface area contributed by atoms with Gasteiger partial charge in [-0.25, -0.2) is 4.79 Å². The minimum atomic E-state index is -1.13. The van der Waals surface area contributed by atoms with Crippen molar-refractivity contribution in [3.8, 4) is 0 Å². The molecule has 5 atom stereocenters. The summed E-state index contributed by atoms with van der Waals surface area (Å²) < 4.78 is 0. The number of nitrogens with one attached hydrogen (secondary N) is 3. The average Bonchev–Trinajstić information content (AvgIpc) is 2.62. The summed E-state index contributed by atoms with van der Waals surface area (Å²) in [5.74, 6) is -2.81. The van der Waals surface area contributed by atoms with E-state index in [-0.39, 0.29) is 24.0 Å². The SMILES string of the molecule is CCC(C)C(NC(=O)C(C)NC(=O)C(N)CS)C(=O)NC(CC(C)C)C(=O)O. The number of carboxylic acid groups (broad SMARTS) is 1. The second-order valence-electron chi connectivity index (χ2n) is 7.42. The van der Waals surface area contributed by atoms with Crippen LogP contribution in [-0.2, 0) is 19.2 Å². The number of carbonyl (C=O) groups is 4. The van der Waals surface area contributed by atoms with Gasteiger partial charge in [0.15, 0.2) is 0 Å². The largest absolute Gasteiger partial charge is 0.480 e. The van der Waals surface area contributed by atoms with Gasteiger partial charge in [0.05, 0.1) is 6.04 Å². The Bertz CT molecular complexity index is 558. The summed E-state index contributed by atoms with van der Waals surface area (Å²) >= 11 is 3.94. The molecule has 0 rings (SSSR count). The fourth-order valence-electron chi connectivity index (χ4n) is 2.40. The van der Waals surface area contributed by atoms with E-state index < -0.39 is 47.9 Å². The van der Waals surface area contributed by atoms with Gasteiger partial charge in [-0.3, -0.25) is 14.4 Å². The lowest BCUT2D eigenvalue weighted by Gasteiger charge is -2.27. The summed E-state index contributed by atoms with van der Waals surface area (Å²) in [6.45, 7) is 8.83. The van der Waals surface area contributed by atoms with E-state index in [9.17, 15) is 24.3 Å². The quantitative estimate of drug-likeness (QED) is 0.244. The molecule has 0 saturated carbocycles. The molecule has 0 aliphatic heterocycles. The Kier molecular flexibility index (Phi) is 11.8. The Hall–Kier alpha value is -1.81. The van der Waals surface area contributed by atoms with E-state index in [0.29, 0.717) is 6.42 Å². The van der Waals surface area contributed by atoms with Crippen LogP contribution < -0.4 is 21.7 Å². The molecular weight excluding hydrogens is 384 g/mol. The van der Waals surface area contributed by atoms with Gasteiger partial charge in [0.25, 0.3) is 0 Å². The molecule has 3 amide bonds. The lowest BCUT2D eigenvalue weighted by atomic mass is 9.96. The molecule has 10 heteroatoms. The van der Waals surface area contributed by atoms with Crippen LogP contribution in [0.4, 0.5) is 0 Å². The number of nitrogens with two attached hydrogens (primary N) is 1. The lowest BCUT2D eigenvalue weighted by Crippen LogP contribution is -2.58. The van der Waals surface area contributed by atoms with Crippen LogP contribution in [0.3, 0.4) is 0 Å². The van der Waals surface area contributed by atoms with Crippen LogP contribution in [0.1, 0.15) is 47.5 Å². The molecule has 0 aromatic carbocycles. The Morgan fingerprint density at radius 3 is 1.96 bits per heavy atom. The first-order valence-corrected chi connectivity index (χ1v) is 10.1. The molecule has 5 unspecified atom stereocenters. The minimum absolute atomic E-state index is 0.0734. The number of hydrogen-bond donors (Lipinski definition) is 6. The predicted octanol–water partition coefficient (Wildman–Crippen LogP) is -0.105. The summed E-state index contributed by atoms with van der Waals surface area (Å²) in [7, 11) is 0. The normalized spacial score (nSPS) is 16.4. The molecule has 28 heavy (non-hydrogen) atoms. The van der Waals surface area contributed by atoms with Crippen LogP contribution in [-0.4, -0.2) is 58.7 Å². The Morgan fingerprint density at radius 2 is 1.54 bits per heavy atom. The van der Waals surface area contributed by atoms with E-state index >= 15 is 0 Å². The highest BCUT2D eigenvalue weighted by Gasteiger charge is 2.31. The zero-order chi connectivity index (χ0) is 22.0. The second kappa shape index (κ2) is 12.6. The highest BCUT2D eigenvalue weighted by atomic mass is 32.1. The number of carboxylic acids is 1. The predicted molar refractivity (Wildman–Crippen MR) is 110 cm³/mol. The number of carbonyl (C=O) groups excluding carboxylic acids is 3. The Morgan fingerprint density at radius 1 is 0.964 bits per heavy atom. The standard InChI is InChI=1S/C18H34N4O5S/c1-6-10(4)14(17(25)21-13(18(26)27)7-9(2)3)22-15(23)11(5)20-16(24)12(19)8-28/h9-14,28H,6-8,19H2,1-5H3,(H,20,24)(H,21,25)(H,22,23)(H,26,27). The van der Waals surface area contributed by atoms with Crippen LogP contribution >= 0.6 is 12.6 Å². The third kappa shape index (κ3) is 8.92. The smallest absolute Gasteiger partial charge is 0.326 e. The van der Waals surface area contributed by atoms with Crippen molar-refractivity contribution in [2.24, 2.45) is 17.6 Å². The topological polar surface area (TPSA) is 151 Å². The summed E-state index contributed by atoms with van der Waals surface area (Å²) in [6.07, 6.45) is 0.863. The first kappa shape index (κ1) is 26.2. The zero-order valence-corrected chi connectivity index (χ0v) is 18.1. The van der Waals surface area contributed by atoms with Crippen molar-refractivity contribution in [3.05, 3.63) is 0 Å². The molecule has 0 bridgehead atoms. The number of rotatable bonds is 12. The first-order chi connectivity index (χ1) is 12.9. The van der Waals surface area contributed by atoms with Gasteiger partial charge in [-0.15, -0.1) is 0 Å². The maximum atomic E-state index is 12.7. The van der Waals surface area contributed by atoms with Crippen molar-refractivity contribution in [3.63, 3.8) is 0 Å². The van der Waals surface area contributed by atoms with Crippen LogP contribution in [0.25, 0.3) is 0 Å². The molecule has 0 aromatic heterocycles. The molecule has 0 saturated heterocycles. The lowest BCUT2D eigenvalue weighted by molar-refractivity contribution is -0.143. The number of aliphatic carboxylic acids is 1. The highest BCUT2D eigenvalue weighted by molar-refractivity contribution is 7.80. The average molecular weight is 419 g/mol. The van der Waals surface area contributed by atoms with Crippen molar-refractivity contribution < 1.29 is 24.3 Å². The maximum absolute atomic E-state index is 12.7. The van der Waals surface area contributed by atoms with Crippen LogP contribution in [0.5, 0.6) is 0 Å². The number of amides is 3. The molecule has 0 aliphatic rings. The first-order valence-electron chi connectivity index (χ1n) is 9.44. The summed E-state index contributed by atoms with van der Waals surface area (Å²) in [6, 6.07) is -3.73. The molecule has 0 radical (unpaired) electrons. The van der Waals surface area contributed by atoms with Crippen molar-refractivity contribution in [1.82, 2.24) is 16.0 Å². The third-order valence-corrected chi connectivity index (χ3v) is 4.79. The fraction of sp³-hybridized carbons (Fsp3) is 0.778. The van der Waals surface area contributed by atoms with Gasteiger partial charge in [0, 0.05) is 5.75 Å². The molecule has 6 N–H and O–H groups in total. The second-order valence-corrected chi connectivity index (χ2v) is 7.79. The van der Waals surface area contributed by atoms with Crippen LogP contribution in [0.15, 0.2) is 0 Å². The Balaban J connectivity index is 5.16. The molecule has 0 heterocycles. The number of hydrogen-bond acceptors (Lipinski definition) is 6. The monoisotopic (exact) mass is 418 g/mol. The van der Waals surface area contributed by atoms with E-state index in [1.54, 1.807) is 6.92 Å². The van der Waals surface area contributed by atoms with E-state index in [1.807, 2.05) is 20.8 Å². The van der Waals surface area contributed by atoms with Gasteiger partial charge in [-0.2, -0.15) is 12.6 Å². The van der Waals surface area contributed by atoms with Crippen molar-refractivity contribution in [2.75, 3.05) is 5.75 Å². The number of thiol groups is 1. The van der Waals surface area contributed by atoms with Crippen molar-refractivity contribution in [1.29, 1.82) is 0 Å².